The lowest BCUT2D eigenvalue weighted by Crippen LogP contribution is -2.44. The molecule has 0 spiro atoms. The van der Waals surface area contributed by atoms with Crippen molar-refractivity contribution in [2.75, 3.05) is 13.7 Å². The SMILES string of the molecule is COC(=O)c1ccc(S(=O)(=O)NC(CN)C2CCCC2)cc1. The number of benzene rings is 1. The highest BCUT2D eigenvalue weighted by Gasteiger charge is 2.28. The van der Waals surface area contributed by atoms with Gasteiger partial charge in [0.2, 0.25) is 10.0 Å². The average Bonchev–Trinajstić information content (AvgIpc) is 3.06. The van der Waals surface area contributed by atoms with E-state index in [1.54, 1.807) is 0 Å². The molecule has 1 aliphatic rings. The van der Waals surface area contributed by atoms with Crippen molar-refractivity contribution in [1.82, 2.24) is 4.72 Å². The molecule has 22 heavy (non-hydrogen) atoms. The number of methoxy groups -OCH3 is 1. The summed E-state index contributed by atoms with van der Waals surface area (Å²) < 4.78 is 32.1. The Morgan fingerprint density at radius 3 is 2.41 bits per heavy atom. The molecule has 1 aromatic rings. The van der Waals surface area contributed by atoms with Crippen LogP contribution in [0.2, 0.25) is 0 Å². The van der Waals surface area contributed by atoms with Gasteiger partial charge in [-0.2, -0.15) is 0 Å². The fourth-order valence-corrected chi connectivity index (χ4v) is 4.17. The summed E-state index contributed by atoms with van der Waals surface area (Å²) in [5, 5.41) is 0. The molecule has 1 aromatic carbocycles. The molecule has 122 valence electrons. The Morgan fingerprint density at radius 1 is 1.32 bits per heavy atom. The summed E-state index contributed by atoms with van der Waals surface area (Å²) in [6.07, 6.45) is 4.25. The monoisotopic (exact) mass is 326 g/mol. The Balaban J connectivity index is 2.13. The number of ether oxygens (including phenoxy) is 1. The number of carbonyl (C=O) groups excluding carboxylic acids is 1. The summed E-state index contributed by atoms with van der Waals surface area (Å²) in [7, 11) is -2.36. The van der Waals surface area contributed by atoms with Crippen LogP contribution in [-0.2, 0) is 14.8 Å². The van der Waals surface area contributed by atoms with Crippen LogP contribution < -0.4 is 10.5 Å². The molecule has 1 unspecified atom stereocenters. The van der Waals surface area contributed by atoms with Crippen molar-refractivity contribution in [2.24, 2.45) is 11.7 Å². The molecule has 1 saturated carbocycles. The first-order valence-corrected chi connectivity index (χ1v) is 8.87. The Hall–Kier alpha value is -1.44. The van der Waals surface area contributed by atoms with Crippen molar-refractivity contribution >= 4 is 16.0 Å². The van der Waals surface area contributed by atoms with Crippen LogP contribution >= 0.6 is 0 Å². The summed E-state index contributed by atoms with van der Waals surface area (Å²) in [5.41, 5.74) is 6.04. The van der Waals surface area contributed by atoms with E-state index in [2.05, 4.69) is 9.46 Å². The second kappa shape index (κ2) is 7.21. The normalized spacial score (nSPS) is 17.4. The van der Waals surface area contributed by atoms with Gasteiger partial charge < -0.3 is 10.5 Å². The number of nitrogens with two attached hydrogens (primary N) is 1. The molecule has 1 aliphatic carbocycles. The predicted molar refractivity (Wildman–Crippen MR) is 82.9 cm³/mol. The zero-order valence-electron chi connectivity index (χ0n) is 12.6. The fraction of sp³-hybridized carbons (Fsp3) is 0.533. The highest BCUT2D eigenvalue weighted by molar-refractivity contribution is 7.89. The zero-order chi connectivity index (χ0) is 16.2. The number of sulfonamides is 1. The first kappa shape index (κ1) is 16.9. The van der Waals surface area contributed by atoms with Gasteiger partial charge in [0.05, 0.1) is 17.6 Å². The predicted octanol–water partition coefficient (Wildman–Crippen LogP) is 1.27. The third-order valence-corrected chi connectivity index (χ3v) is 5.62. The summed E-state index contributed by atoms with van der Waals surface area (Å²) in [5.74, 6) is -0.197. The Kier molecular flexibility index (Phi) is 5.55. The minimum Gasteiger partial charge on any atom is -0.465 e. The van der Waals surface area contributed by atoms with Crippen molar-refractivity contribution in [2.45, 2.75) is 36.6 Å². The molecule has 3 N–H and O–H groups in total. The van der Waals surface area contributed by atoms with E-state index in [-0.39, 0.29) is 17.5 Å². The number of hydrogen-bond acceptors (Lipinski definition) is 5. The molecule has 0 amide bonds. The van der Waals surface area contributed by atoms with Crippen molar-refractivity contribution in [3.05, 3.63) is 29.8 Å². The highest BCUT2D eigenvalue weighted by atomic mass is 32.2. The topological polar surface area (TPSA) is 98.5 Å². The smallest absolute Gasteiger partial charge is 0.337 e. The van der Waals surface area contributed by atoms with Gasteiger partial charge in [-0.1, -0.05) is 12.8 Å². The lowest BCUT2D eigenvalue weighted by molar-refractivity contribution is 0.0600. The number of nitrogens with one attached hydrogen (secondary N) is 1. The van der Waals surface area contributed by atoms with Gasteiger partial charge in [0.15, 0.2) is 0 Å². The van der Waals surface area contributed by atoms with Crippen molar-refractivity contribution in [3.63, 3.8) is 0 Å². The molecule has 0 aliphatic heterocycles. The lowest BCUT2D eigenvalue weighted by atomic mass is 9.99. The van der Waals surface area contributed by atoms with E-state index in [0.717, 1.165) is 25.7 Å². The Bertz CT molecular complexity index is 607. The van der Waals surface area contributed by atoms with Crippen LogP contribution in [0.1, 0.15) is 36.0 Å². The number of rotatable bonds is 6. The van der Waals surface area contributed by atoms with E-state index >= 15 is 0 Å². The number of esters is 1. The molecule has 0 bridgehead atoms. The first-order valence-electron chi connectivity index (χ1n) is 7.38. The van der Waals surface area contributed by atoms with Gasteiger partial charge in [-0.3, -0.25) is 0 Å². The molecule has 0 saturated heterocycles. The third-order valence-electron chi connectivity index (χ3n) is 4.12. The second-order valence-electron chi connectivity index (χ2n) is 5.52. The van der Waals surface area contributed by atoms with Crippen LogP contribution in [0.5, 0.6) is 0 Å². The molecule has 0 radical (unpaired) electrons. The maximum absolute atomic E-state index is 12.4. The zero-order valence-corrected chi connectivity index (χ0v) is 13.4. The minimum atomic E-state index is -3.64. The van der Waals surface area contributed by atoms with Crippen LogP contribution in [-0.4, -0.2) is 34.1 Å². The van der Waals surface area contributed by atoms with Crippen LogP contribution in [0.15, 0.2) is 29.2 Å². The minimum absolute atomic E-state index is 0.122. The van der Waals surface area contributed by atoms with Gasteiger partial charge in [0.1, 0.15) is 0 Å². The number of hydrogen-bond donors (Lipinski definition) is 2. The van der Waals surface area contributed by atoms with E-state index in [4.69, 9.17) is 5.73 Å². The summed E-state index contributed by atoms with van der Waals surface area (Å²) >= 11 is 0. The Labute approximate surface area is 131 Å². The molecule has 7 heteroatoms. The van der Waals surface area contributed by atoms with Crippen molar-refractivity contribution in [1.29, 1.82) is 0 Å². The molecule has 0 aromatic heterocycles. The average molecular weight is 326 g/mol. The van der Waals surface area contributed by atoms with E-state index in [1.165, 1.54) is 31.4 Å². The van der Waals surface area contributed by atoms with E-state index in [0.29, 0.717) is 11.5 Å². The van der Waals surface area contributed by atoms with Gasteiger partial charge in [0.25, 0.3) is 0 Å². The maximum Gasteiger partial charge on any atom is 0.337 e. The third kappa shape index (κ3) is 3.85. The molecular formula is C15H22N2O4S. The Morgan fingerprint density at radius 2 is 1.91 bits per heavy atom. The highest BCUT2D eigenvalue weighted by Crippen LogP contribution is 2.28. The van der Waals surface area contributed by atoms with E-state index < -0.39 is 16.0 Å². The van der Waals surface area contributed by atoms with Crippen molar-refractivity contribution in [3.8, 4) is 0 Å². The summed E-state index contributed by atoms with van der Waals surface area (Å²) in [6.45, 7) is 0.282. The maximum atomic E-state index is 12.4. The van der Waals surface area contributed by atoms with Gasteiger partial charge in [-0.05, 0) is 43.0 Å². The lowest BCUT2D eigenvalue weighted by Gasteiger charge is -2.23. The largest absolute Gasteiger partial charge is 0.465 e. The molecule has 0 heterocycles. The second-order valence-corrected chi connectivity index (χ2v) is 7.24. The quantitative estimate of drug-likeness (QED) is 0.767. The van der Waals surface area contributed by atoms with E-state index in [1.807, 2.05) is 0 Å². The fourth-order valence-electron chi connectivity index (χ4n) is 2.85. The summed E-state index contributed by atoms with van der Waals surface area (Å²) in [4.78, 5) is 11.5. The van der Waals surface area contributed by atoms with Crippen LogP contribution in [0.3, 0.4) is 0 Å². The summed E-state index contributed by atoms with van der Waals surface area (Å²) in [6, 6.07) is 5.43. The van der Waals surface area contributed by atoms with Gasteiger partial charge in [0, 0.05) is 12.6 Å². The van der Waals surface area contributed by atoms with Gasteiger partial charge in [-0.25, -0.2) is 17.9 Å². The molecular weight excluding hydrogens is 304 g/mol. The van der Waals surface area contributed by atoms with Gasteiger partial charge in [-0.15, -0.1) is 0 Å². The van der Waals surface area contributed by atoms with E-state index in [9.17, 15) is 13.2 Å². The van der Waals surface area contributed by atoms with Crippen LogP contribution in [0.25, 0.3) is 0 Å². The van der Waals surface area contributed by atoms with Crippen LogP contribution in [0.4, 0.5) is 0 Å². The molecule has 2 rings (SSSR count). The molecule has 1 fully saturated rings. The van der Waals surface area contributed by atoms with Gasteiger partial charge >= 0.3 is 5.97 Å². The number of carbonyl (C=O) groups is 1. The van der Waals surface area contributed by atoms with Crippen LogP contribution in [0, 0.1) is 5.92 Å². The molecule has 6 nitrogen and oxygen atoms in total. The first-order chi connectivity index (χ1) is 10.5. The standard InChI is InChI=1S/C15H22N2O4S/c1-21-15(18)12-6-8-13(9-7-12)22(19,20)17-14(10-16)11-4-2-3-5-11/h6-9,11,14,17H,2-5,10,16H2,1H3. The van der Waals surface area contributed by atoms with Crippen molar-refractivity contribution < 1.29 is 17.9 Å². The molecule has 1 atom stereocenters.